The molecule has 10 heteroatoms. The van der Waals surface area contributed by atoms with Gasteiger partial charge in [0, 0.05) is 67.8 Å². The number of imidazole rings is 1. The van der Waals surface area contributed by atoms with Gasteiger partial charge in [-0.3, -0.25) is 9.78 Å². The van der Waals surface area contributed by atoms with Crippen molar-refractivity contribution in [3.63, 3.8) is 0 Å². The molecule has 0 spiro atoms. The molecule has 2 N–H and O–H groups in total. The molecule has 1 saturated heterocycles. The summed E-state index contributed by atoms with van der Waals surface area (Å²) in [7, 11) is 0. The van der Waals surface area contributed by atoms with Crippen molar-refractivity contribution in [3.8, 4) is 17.3 Å². The maximum absolute atomic E-state index is 13.1. The van der Waals surface area contributed by atoms with Crippen LogP contribution in [0.2, 0.25) is 0 Å². The summed E-state index contributed by atoms with van der Waals surface area (Å²) in [5, 5.41) is 8.09. The van der Waals surface area contributed by atoms with Gasteiger partial charge in [-0.25, -0.2) is 15.0 Å². The monoisotopic (exact) mass is 512 g/mol. The number of carbonyl (C=O) groups excluding carboxylic acids is 1. The molecule has 2 aliphatic rings. The number of aromatic nitrogens is 5. The van der Waals surface area contributed by atoms with E-state index in [1.165, 1.54) is 0 Å². The second-order valence-electron chi connectivity index (χ2n) is 10.2. The Hall–Kier alpha value is -3.89. The highest BCUT2D eigenvalue weighted by Crippen LogP contribution is 2.25. The molecule has 10 nitrogen and oxygen atoms in total. The summed E-state index contributed by atoms with van der Waals surface area (Å²) in [6.07, 6.45) is 9.03. The third-order valence-corrected chi connectivity index (χ3v) is 7.33. The van der Waals surface area contributed by atoms with Crippen molar-refractivity contribution in [3.05, 3.63) is 60.4 Å². The number of pyridine rings is 3. The molecule has 0 bridgehead atoms. The van der Waals surface area contributed by atoms with Crippen molar-refractivity contribution >= 4 is 22.5 Å². The van der Waals surface area contributed by atoms with E-state index in [0.717, 1.165) is 73.6 Å². The highest BCUT2D eigenvalue weighted by atomic mass is 16.5. The van der Waals surface area contributed by atoms with Crippen LogP contribution in [0.4, 0.5) is 5.82 Å². The Bertz CT molecular complexity index is 1460. The number of rotatable bonds is 6. The average Bonchev–Trinajstić information content (AvgIpc) is 3.37. The van der Waals surface area contributed by atoms with Gasteiger partial charge in [-0.15, -0.1) is 0 Å². The Morgan fingerprint density at radius 2 is 1.87 bits per heavy atom. The van der Waals surface area contributed by atoms with E-state index in [9.17, 15) is 4.79 Å². The van der Waals surface area contributed by atoms with Gasteiger partial charge >= 0.3 is 0 Å². The number of ether oxygens (including phenoxy) is 1. The normalized spacial score (nSPS) is 16.5. The number of hydrogen-bond donors (Lipinski definition) is 2. The van der Waals surface area contributed by atoms with Crippen molar-refractivity contribution in [1.29, 1.82) is 0 Å². The van der Waals surface area contributed by atoms with Gasteiger partial charge in [0.25, 0.3) is 5.91 Å². The molecule has 6 heterocycles. The predicted octanol–water partition coefficient (Wildman–Crippen LogP) is 3.50. The smallest absolute Gasteiger partial charge is 0.257 e. The highest BCUT2D eigenvalue weighted by Gasteiger charge is 2.23. The highest BCUT2D eigenvalue weighted by molar-refractivity contribution is 6.04. The van der Waals surface area contributed by atoms with E-state index in [-0.39, 0.29) is 12.0 Å². The molecule has 0 atom stereocenters. The zero-order valence-electron chi connectivity index (χ0n) is 21.7. The lowest BCUT2D eigenvalue weighted by Crippen LogP contribution is -2.41. The van der Waals surface area contributed by atoms with E-state index in [1.807, 2.05) is 24.5 Å². The first-order valence-electron chi connectivity index (χ1n) is 13.2. The molecule has 1 fully saturated rings. The average molecular weight is 513 g/mol. The number of nitrogens with one attached hydrogen (secondary N) is 2. The van der Waals surface area contributed by atoms with E-state index >= 15 is 0 Å². The van der Waals surface area contributed by atoms with Gasteiger partial charge in [0.2, 0.25) is 5.88 Å². The first kappa shape index (κ1) is 24.4. The molecule has 1 amide bonds. The van der Waals surface area contributed by atoms with Gasteiger partial charge in [-0.05, 0) is 50.3 Å². The fourth-order valence-corrected chi connectivity index (χ4v) is 5.13. The fraction of sp³-hybridized carbons (Fsp3) is 0.393. The molecule has 0 aromatic carbocycles. The number of amides is 1. The number of hydrogen-bond acceptors (Lipinski definition) is 8. The van der Waals surface area contributed by atoms with Crippen molar-refractivity contribution in [2.24, 2.45) is 0 Å². The Kier molecular flexibility index (Phi) is 6.73. The molecule has 0 aliphatic carbocycles. The van der Waals surface area contributed by atoms with Gasteiger partial charge in [0.05, 0.1) is 24.1 Å². The lowest BCUT2D eigenvalue weighted by molar-refractivity contribution is 0.0810. The Labute approximate surface area is 221 Å². The summed E-state index contributed by atoms with van der Waals surface area (Å²) in [6, 6.07) is 7.81. The minimum absolute atomic E-state index is 0.110. The Morgan fingerprint density at radius 1 is 1.03 bits per heavy atom. The Morgan fingerprint density at radius 3 is 2.71 bits per heavy atom. The lowest BCUT2D eigenvalue weighted by Gasteiger charge is -2.34. The number of likely N-dealkylation sites (tertiary alicyclic amines) is 1. The van der Waals surface area contributed by atoms with E-state index in [4.69, 9.17) is 4.74 Å². The number of carbonyl (C=O) groups is 1. The molecule has 0 unspecified atom stereocenters. The van der Waals surface area contributed by atoms with E-state index in [1.54, 1.807) is 24.5 Å². The van der Waals surface area contributed by atoms with Crippen LogP contribution in [0.15, 0.2) is 49.1 Å². The van der Waals surface area contributed by atoms with Crippen LogP contribution in [0.5, 0.6) is 5.88 Å². The molecule has 4 aromatic heterocycles. The number of fused-ring (bicyclic) bond motifs is 2. The summed E-state index contributed by atoms with van der Waals surface area (Å²) in [4.78, 5) is 33.4. The summed E-state index contributed by atoms with van der Waals surface area (Å²) >= 11 is 0. The first-order valence-corrected chi connectivity index (χ1v) is 13.2. The molecule has 0 saturated carbocycles. The number of nitrogens with zero attached hydrogens (tertiary/aromatic N) is 6. The number of piperidine rings is 1. The summed E-state index contributed by atoms with van der Waals surface area (Å²) in [6.45, 7) is 8.97. The second kappa shape index (κ2) is 10.5. The maximum Gasteiger partial charge on any atom is 0.257 e. The van der Waals surface area contributed by atoms with Crippen molar-refractivity contribution in [1.82, 2.24) is 34.7 Å². The molecule has 0 radical (unpaired) electrons. The predicted molar refractivity (Wildman–Crippen MR) is 145 cm³/mol. The van der Waals surface area contributed by atoms with E-state index < -0.39 is 0 Å². The van der Waals surface area contributed by atoms with Crippen molar-refractivity contribution in [2.45, 2.75) is 51.9 Å². The number of anilines is 1. The third-order valence-electron chi connectivity index (χ3n) is 7.33. The largest absolute Gasteiger partial charge is 0.474 e. The molecule has 2 aliphatic heterocycles. The third kappa shape index (κ3) is 5.09. The quantitative estimate of drug-likeness (QED) is 0.404. The molecular weight excluding hydrogens is 480 g/mol. The molecule has 6 rings (SSSR count). The maximum atomic E-state index is 13.1. The van der Waals surface area contributed by atoms with Gasteiger partial charge in [-0.1, -0.05) is 0 Å². The van der Waals surface area contributed by atoms with Crippen molar-refractivity contribution < 1.29 is 9.53 Å². The summed E-state index contributed by atoms with van der Waals surface area (Å²) in [5.41, 5.74) is 2.31. The van der Waals surface area contributed by atoms with Crippen LogP contribution in [0.3, 0.4) is 0 Å². The van der Waals surface area contributed by atoms with Crippen LogP contribution in [-0.2, 0) is 13.1 Å². The standard InChI is InChI=1S/C28H32N8O2/c1-18(2)35-8-4-22(5-9-35)38-27-13-19(3-6-30-27)28(37)34-25-12-20-11-23(31-14-21(20)15-32-25)24-16-33-26-17-29-7-10-36(24)26/h3,6,11-16,18,22,29H,4-5,7-10,17H2,1-2H3,(H,32,34,37). The van der Waals surface area contributed by atoms with E-state index in [0.29, 0.717) is 23.3 Å². The van der Waals surface area contributed by atoms with Crippen LogP contribution in [0.1, 0.15) is 42.9 Å². The molecule has 196 valence electrons. The molecule has 38 heavy (non-hydrogen) atoms. The van der Waals surface area contributed by atoms with Crippen LogP contribution >= 0.6 is 0 Å². The van der Waals surface area contributed by atoms with Crippen LogP contribution in [0, 0.1) is 0 Å². The lowest BCUT2D eigenvalue weighted by atomic mass is 10.1. The van der Waals surface area contributed by atoms with Gasteiger partial charge in [-0.2, -0.15) is 0 Å². The second-order valence-corrected chi connectivity index (χ2v) is 10.2. The van der Waals surface area contributed by atoms with Crippen LogP contribution < -0.4 is 15.4 Å². The van der Waals surface area contributed by atoms with Gasteiger partial charge in [0.15, 0.2) is 0 Å². The molecule has 4 aromatic rings. The van der Waals surface area contributed by atoms with Crippen LogP contribution in [-0.4, -0.2) is 67.1 Å². The molecular formula is C28H32N8O2. The zero-order valence-corrected chi connectivity index (χ0v) is 21.7. The van der Waals surface area contributed by atoms with E-state index in [2.05, 4.69) is 53.9 Å². The van der Waals surface area contributed by atoms with Crippen LogP contribution in [0.25, 0.3) is 22.2 Å². The summed E-state index contributed by atoms with van der Waals surface area (Å²) < 4.78 is 8.32. The van der Waals surface area contributed by atoms with Gasteiger partial charge in [0.1, 0.15) is 17.7 Å². The summed E-state index contributed by atoms with van der Waals surface area (Å²) in [5.74, 6) is 1.70. The minimum atomic E-state index is -0.259. The first-order chi connectivity index (χ1) is 18.5. The SMILES string of the molecule is CC(C)N1CCC(Oc2cc(C(=O)Nc3cc4cc(-c5cnc6n5CCNC6)ncc4cn3)ccn2)CC1. The van der Waals surface area contributed by atoms with Gasteiger partial charge < -0.3 is 24.8 Å². The van der Waals surface area contributed by atoms with Crippen molar-refractivity contribution in [2.75, 3.05) is 25.0 Å². The zero-order chi connectivity index (χ0) is 26.1. The minimum Gasteiger partial charge on any atom is -0.474 e. The fourth-order valence-electron chi connectivity index (χ4n) is 5.13. The topological polar surface area (TPSA) is 110 Å². The Balaban J connectivity index is 1.16.